The Bertz CT molecular complexity index is 716. The maximum Gasteiger partial charge on any atom is 0.336 e. The van der Waals surface area contributed by atoms with Crippen LogP contribution in [0.5, 0.6) is 0 Å². The highest BCUT2D eigenvalue weighted by atomic mass is 16.7. The first-order valence-corrected chi connectivity index (χ1v) is 8.17. The van der Waals surface area contributed by atoms with E-state index in [1.807, 2.05) is 18.2 Å². The average Bonchev–Trinajstić information content (AvgIpc) is 2.89. The molecule has 7 heteroatoms. The average molecular weight is 341 g/mol. The summed E-state index contributed by atoms with van der Waals surface area (Å²) in [6.07, 6.45) is 4.88. The fourth-order valence-corrected chi connectivity index (χ4v) is 3.10. The van der Waals surface area contributed by atoms with Gasteiger partial charge >= 0.3 is 5.97 Å². The molecule has 1 saturated heterocycles. The van der Waals surface area contributed by atoms with Gasteiger partial charge in [-0.15, -0.1) is 0 Å². The summed E-state index contributed by atoms with van der Waals surface area (Å²) in [5.41, 5.74) is 6.37. The number of nitrogens with two attached hydrogens (primary N) is 1. The van der Waals surface area contributed by atoms with Crippen LogP contribution in [0.3, 0.4) is 0 Å². The number of hydrogen-bond acceptors (Lipinski definition) is 5. The third-order valence-corrected chi connectivity index (χ3v) is 4.45. The van der Waals surface area contributed by atoms with Crippen LogP contribution in [0.15, 0.2) is 47.6 Å². The second-order valence-electron chi connectivity index (χ2n) is 6.04. The van der Waals surface area contributed by atoms with Crippen molar-refractivity contribution in [2.75, 3.05) is 6.54 Å². The van der Waals surface area contributed by atoms with Gasteiger partial charge in [0.25, 0.3) is 0 Å². The highest BCUT2D eigenvalue weighted by Crippen LogP contribution is 2.34. The van der Waals surface area contributed by atoms with E-state index in [9.17, 15) is 14.4 Å². The van der Waals surface area contributed by atoms with Crippen molar-refractivity contribution in [3.05, 3.63) is 48.0 Å². The van der Waals surface area contributed by atoms with Crippen LogP contribution in [0.1, 0.15) is 24.8 Å². The van der Waals surface area contributed by atoms with Crippen molar-refractivity contribution in [1.29, 1.82) is 0 Å². The van der Waals surface area contributed by atoms with Crippen LogP contribution in [-0.2, 0) is 19.2 Å². The zero-order valence-electron chi connectivity index (χ0n) is 13.6. The van der Waals surface area contributed by atoms with Gasteiger partial charge in [0.2, 0.25) is 11.8 Å². The highest BCUT2D eigenvalue weighted by Gasteiger charge is 2.46. The molecule has 1 aromatic carbocycles. The van der Waals surface area contributed by atoms with Crippen molar-refractivity contribution in [3.8, 4) is 0 Å². The maximum absolute atomic E-state index is 12.3. The van der Waals surface area contributed by atoms with Gasteiger partial charge < -0.3 is 10.6 Å². The number of carbonyl (C=O) groups excluding carboxylic acids is 3. The molecule has 1 aromatic rings. The van der Waals surface area contributed by atoms with Crippen LogP contribution in [0.2, 0.25) is 0 Å². The SMILES string of the molecule is N/C(=N/OC(=O)CCN1C(=O)[C@H]2CC=CC[C@H]2C1=O)c1ccccc1. The maximum atomic E-state index is 12.3. The molecule has 2 amide bonds. The summed E-state index contributed by atoms with van der Waals surface area (Å²) >= 11 is 0. The van der Waals surface area contributed by atoms with Gasteiger partial charge in [0.05, 0.1) is 18.3 Å². The molecule has 7 nitrogen and oxygen atoms in total. The molecule has 0 spiro atoms. The second kappa shape index (κ2) is 7.29. The Morgan fingerprint density at radius 1 is 1.12 bits per heavy atom. The number of nitrogens with zero attached hydrogens (tertiary/aromatic N) is 2. The minimum Gasteiger partial charge on any atom is -0.380 e. The van der Waals surface area contributed by atoms with Crippen molar-refractivity contribution >= 4 is 23.6 Å². The van der Waals surface area contributed by atoms with Crippen molar-refractivity contribution < 1.29 is 19.2 Å². The van der Waals surface area contributed by atoms with E-state index >= 15 is 0 Å². The van der Waals surface area contributed by atoms with Gasteiger partial charge in [-0.05, 0) is 12.8 Å². The lowest BCUT2D eigenvalue weighted by molar-refractivity contribution is -0.145. The Kier molecular flexibility index (Phi) is 4.92. The molecule has 25 heavy (non-hydrogen) atoms. The summed E-state index contributed by atoms with van der Waals surface area (Å²) in [7, 11) is 0. The Labute approximate surface area is 145 Å². The first kappa shape index (κ1) is 16.9. The molecule has 1 aliphatic carbocycles. The van der Waals surface area contributed by atoms with Crippen LogP contribution in [0.4, 0.5) is 0 Å². The normalized spacial score (nSPS) is 22.9. The monoisotopic (exact) mass is 341 g/mol. The third-order valence-electron chi connectivity index (χ3n) is 4.45. The highest BCUT2D eigenvalue weighted by molar-refractivity contribution is 6.05. The van der Waals surface area contributed by atoms with Crippen molar-refractivity contribution in [2.24, 2.45) is 22.7 Å². The molecule has 3 rings (SSSR count). The summed E-state index contributed by atoms with van der Waals surface area (Å²) in [5, 5.41) is 3.60. The van der Waals surface area contributed by atoms with E-state index in [0.717, 1.165) is 4.90 Å². The van der Waals surface area contributed by atoms with Gasteiger partial charge in [0.15, 0.2) is 5.84 Å². The molecule has 0 radical (unpaired) electrons. The van der Waals surface area contributed by atoms with Crippen LogP contribution in [0.25, 0.3) is 0 Å². The molecular weight excluding hydrogens is 322 g/mol. The smallest absolute Gasteiger partial charge is 0.336 e. The van der Waals surface area contributed by atoms with Crippen molar-refractivity contribution in [2.45, 2.75) is 19.3 Å². The topological polar surface area (TPSA) is 102 Å². The van der Waals surface area contributed by atoms with E-state index in [0.29, 0.717) is 18.4 Å². The zero-order valence-corrected chi connectivity index (χ0v) is 13.6. The molecule has 0 unspecified atom stereocenters. The summed E-state index contributed by atoms with van der Waals surface area (Å²) < 4.78 is 0. The van der Waals surface area contributed by atoms with Crippen molar-refractivity contribution in [1.82, 2.24) is 4.90 Å². The van der Waals surface area contributed by atoms with Crippen LogP contribution >= 0.6 is 0 Å². The number of rotatable bonds is 5. The number of carbonyl (C=O) groups is 3. The molecule has 2 aliphatic rings. The summed E-state index contributed by atoms with van der Waals surface area (Å²) in [6, 6.07) is 8.89. The molecule has 0 bridgehead atoms. The number of benzene rings is 1. The Balaban J connectivity index is 1.53. The van der Waals surface area contributed by atoms with Crippen LogP contribution in [0, 0.1) is 11.8 Å². The number of hydrogen-bond donors (Lipinski definition) is 1. The Hall–Kier alpha value is -2.96. The quantitative estimate of drug-likeness (QED) is 0.216. The van der Waals surface area contributed by atoms with E-state index < -0.39 is 5.97 Å². The van der Waals surface area contributed by atoms with E-state index in [1.165, 1.54) is 0 Å². The number of allylic oxidation sites excluding steroid dienone is 2. The first-order chi connectivity index (χ1) is 12.1. The Morgan fingerprint density at radius 2 is 1.72 bits per heavy atom. The lowest BCUT2D eigenvalue weighted by Crippen LogP contribution is -2.33. The molecular formula is C18H19N3O4. The molecule has 0 aromatic heterocycles. The molecule has 1 fully saturated rings. The lowest BCUT2D eigenvalue weighted by atomic mass is 9.85. The van der Waals surface area contributed by atoms with Crippen LogP contribution in [-0.4, -0.2) is 35.1 Å². The van der Waals surface area contributed by atoms with Gasteiger partial charge in [0.1, 0.15) is 0 Å². The number of oxime groups is 1. The lowest BCUT2D eigenvalue weighted by Gasteiger charge is -2.14. The fraction of sp³-hybridized carbons (Fsp3) is 0.333. The van der Waals surface area contributed by atoms with Gasteiger partial charge in [-0.2, -0.15) is 0 Å². The minimum absolute atomic E-state index is 0.00423. The van der Waals surface area contributed by atoms with E-state index in [1.54, 1.807) is 24.3 Å². The fourth-order valence-electron chi connectivity index (χ4n) is 3.10. The van der Waals surface area contributed by atoms with E-state index in [4.69, 9.17) is 10.6 Å². The second-order valence-corrected chi connectivity index (χ2v) is 6.04. The third kappa shape index (κ3) is 3.60. The Morgan fingerprint density at radius 3 is 2.32 bits per heavy atom. The van der Waals surface area contributed by atoms with Gasteiger partial charge in [-0.1, -0.05) is 47.6 Å². The summed E-state index contributed by atoms with van der Waals surface area (Å²) in [6.45, 7) is 0.00423. The molecule has 2 N–H and O–H groups in total. The predicted octanol–water partition coefficient (Wildman–Crippen LogP) is 1.19. The summed E-state index contributed by atoms with van der Waals surface area (Å²) in [4.78, 5) is 42.3. The number of imide groups is 1. The van der Waals surface area contributed by atoms with E-state index in [-0.39, 0.29) is 42.5 Å². The standard InChI is InChI=1S/C18H19N3O4/c19-16(12-6-2-1-3-7-12)20-25-15(22)10-11-21-17(23)13-8-4-5-9-14(13)18(21)24/h1-7,13-14H,8-11H2,(H2,19,20)/t13-,14+. The van der Waals surface area contributed by atoms with Gasteiger partial charge in [-0.3, -0.25) is 14.5 Å². The molecule has 130 valence electrons. The first-order valence-electron chi connectivity index (χ1n) is 8.17. The number of likely N-dealkylation sites (tertiary alicyclic amines) is 1. The largest absolute Gasteiger partial charge is 0.380 e. The van der Waals surface area contributed by atoms with Crippen molar-refractivity contribution in [3.63, 3.8) is 0 Å². The predicted molar refractivity (Wildman–Crippen MR) is 89.9 cm³/mol. The minimum atomic E-state index is -0.646. The number of amidine groups is 1. The van der Waals surface area contributed by atoms with Gasteiger partial charge in [-0.25, -0.2) is 4.79 Å². The summed E-state index contributed by atoms with van der Waals surface area (Å²) in [5.74, 6) is -1.56. The molecule has 1 aliphatic heterocycles. The number of amides is 2. The number of fused-ring (bicyclic) bond motifs is 1. The zero-order chi connectivity index (χ0) is 17.8. The van der Waals surface area contributed by atoms with Gasteiger partial charge in [0, 0.05) is 12.1 Å². The van der Waals surface area contributed by atoms with E-state index in [2.05, 4.69) is 5.16 Å². The molecule has 0 saturated carbocycles. The van der Waals surface area contributed by atoms with Crippen LogP contribution < -0.4 is 5.73 Å². The molecule has 1 heterocycles. The molecule has 2 atom stereocenters.